The van der Waals surface area contributed by atoms with Gasteiger partial charge in [-0.2, -0.15) is 0 Å². The smallest absolute Gasteiger partial charge is 0.295 e. The molecular weight excluding hydrogens is 375 g/mol. The standard InChI is InChI=1S/C18H16ClFN4O3/c1-10-21-17(23-24(10)12-6-4-11(20)5-7-12)18(25)22-14-9-15(26-2)13(19)8-16(14)27-3/h4-9H,1-3H3,(H,22,25). The molecule has 1 N–H and O–H groups in total. The molecular formula is C18H16ClFN4O3. The van der Waals surface area contributed by atoms with Crippen molar-refractivity contribution in [1.29, 1.82) is 0 Å². The van der Waals surface area contributed by atoms with Crippen LogP contribution < -0.4 is 14.8 Å². The van der Waals surface area contributed by atoms with Crippen molar-refractivity contribution in [2.45, 2.75) is 6.92 Å². The van der Waals surface area contributed by atoms with Crippen molar-refractivity contribution < 1.29 is 18.7 Å². The molecule has 0 atom stereocenters. The van der Waals surface area contributed by atoms with E-state index in [0.717, 1.165) is 0 Å². The van der Waals surface area contributed by atoms with Gasteiger partial charge < -0.3 is 14.8 Å². The molecule has 0 fully saturated rings. The number of carbonyl (C=O) groups is 1. The highest BCUT2D eigenvalue weighted by molar-refractivity contribution is 6.32. The molecule has 0 bridgehead atoms. The minimum atomic E-state index is -0.540. The first kappa shape index (κ1) is 18.7. The maximum Gasteiger partial charge on any atom is 0.295 e. The molecule has 0 unspecified atom stereocenters. The number of ether oxygens (including phenoxy) is 2. The maximum absolute atomic E-state index is 13.1. The number of hydrogen-bond acceptors (Lipinski definition) is 5. The second-order valence-corrected chi connectivity index (χ2v) is 5.92. The molecule has 3 rings (SSSR count). The summed E-state index contributed by atoms with van der Waals surface area (Å²) in [5.41, 5.74) is 0.950. The fraction of sp³-hybridized carbons (Fsp3) is 0.167. The van der Waals surface area contributed by atoms with E-state index in [1.165, 1.54) is 37.1 Å². The zero-order valence-corrected chi connectivity index (χ0v) is 15.5. The van der Waals surface area contributed by atoms with Crippen molar-refractivity contribution in [1.82, 2.24) is 14.8 Å². The van der Waals surface area contributed by atoms with Crippen LogP contribution in [0.5, 0.6) is 11.5 Å². The Labute approximate surface area is 159 Å². The number of amides is 1. The first-order valence-corrected chi connectivity index (χ1v) is 8.23. The summed E-state index contributed by atoms with van der Waals surface area (Å²) < 4.78 is 24.9. The summed E-state index contributed by atoms with van der Waals surface area (Å²) in [4.78, 5) is 16.7. The van der Waals surface area contributed by atoms with Gasteiger partial charge in [-0.25, -0.2) is 14.1 Å². The number of carbonyl (C=O) groups excluding carboxylic acids is 1. The van der Waals surface area contributed by atoms with Gasteiger partial charge in [0.25, 0.3) is 5.91 Å². The number of benzene rings is 2. The minimum Gasteiger partial charge on any atom is -0.495 e. The van der Waals surface area contributed by atoms with Gasteiger partial charge >= 0.3 is 0 Å². The van der Waals surface area contributed by atoms with E-state index in [1.807, 2.05) is 0 Å². The molecule has 9 heteroatoms. The largest absolute Gasteiger partial charge is 0.495 e. The first-order valence-electron chi connectivity index (χ1n) is 7.85. The zero-order chi connectivity index (χ0) is 19.6. The minimum absolute atomic E-state index is 0.0483. The van der Waals surface area contributed by atoms with Gasteiger partial charge in [0.15, 0.2) is 0 Å². The molecule has 0 aliphatic carbocycles. The number of anilines is 1. The van der Waals surface area contributed by atoms with Crippen LogP contribution in [0.25, 0.3) is 5.69 Å². The van der Waals surface area contributed by atoms with E-state index < -0.39 is 5.91 Å². The Bertz CT molecular complexity index is 989. The highest BCUT2D eigenvalue weighted by Crippen LogP contribution is 2.36. The van der Waals surface area contributed by atoms with Crippen molar-refractivity contribution in [3.05, 3.63) is 58.9 Å². The normalized spacial score (nSPS) is 10.6. The number of hydrogen-bond donors (Lipinski definition) is 1. The lowest BCUT2D eigenvalue weighted by Gasteiger charge is -2.12. The Hall–Kier alpha value is -3.13. The molecule has 140 valence electrons. The van der Waals surface area contributed by atoms with E-state index in [9.17, 15) is 9.18 Å². The summed E-state index contributed by atoms with van der Waals surface area (Å²) in [6.07, 6.45) is 0. The second kappa shape index (κ2) is 7.63. The molecule has 1 heterocycles. The van der Waals surface area contributed by atoms with Crippen molar-refractivity contribution in [2.24, 2.45) is 0 Å². The number of nitrogens with one attached hydrogen (secondary N) is 1. The number of nitrogens with zero attached hydrogens (tertiary/aromatic N) is 3. The molecule has 2 aromatic carbocycles. The van der Waals surface area contributed by atoms with Crippen LogP contribution in [0.3, 0.4) is 0 Å². The van der Waals surface area contributed by atoms with E-state index in [2.05, 4.69) is 15.4 Å². The lowest BCUT2D eigenvalue weighted by atomic mass is 10.2. The molecule has 0 spiro atoms. The van der Waals surface area contributed by atoms with Crippen LogP contribution in [-0.2, 0) is 0 Å². The summed E-state index contributed by atoms with van der Waals surface area (Å²) in [5.74, 6) is 0.276. The molecule has 0 aliphatic rings. The van der Waals surface area contributed by atoms with Crippen LogP contribution in [0.15, 0.2) is 36.4 Å². The third-order valence-corrected chi connectivity index (χ3v) is 4.06. The predicted molar refractivity (Wildman–Crippen MR) is 98.6 cm³/mol. The van der Waals surface area contributed by atoms with Gasteiger partial charge in [0.05, 0.1) is 30.6 Å². The number of aromatic nitrogens is 3. The predicted octanol–water partition coefficient (Wildman–Crippen LogP) is 3.64. The highest BCUT2D eigenvalue weighted by Gasteiger charge is 2.18. The molecule has 3 aromatic rings. The average Bonchev–Trinajstić information content (AvgIpc) is 3.05. The van der Waals surface area contributed by atoms with Crippen LogP contribution in [0.2, 0.25) is 5.02 Å². The molecule has 1 amide bonds. The molecule has 0 saturated carbocycles. The van der Waals surface area contributed by atoms with Crippen LogP contribution in [0.1, 0.15) is 16.4 Å². The quantitative estimate of drug-likeness (QED) is 0.719. The summed E-state index contributed by atoms with van der Waals surface area (Å²) in [6, 6.07) is 8.79. The molecule has 0 radical (unpaired) electrons. The topological polar surface area (TPSA) is 78.3 Å². The Kier molecular flexibility index (Phi) is 5.27. The maximum atomic E-state index is 13.1. The summed E-state index contributed by atoms with van der Waals surface area (Å²) >= 11 is 6.06. The summed E-state index contributed by atoms with van der Waals surface area (Å²) in [7, 11) is 2.92. The van der Waals surface area contributed by atoms with Crippen molar-refractivity contribution >= 4 is 23.2 Å². The summed E-state index contributed by atoms with van der Waals surface area (Å²) in [5, 5.41) is 7.22. The SMILES string of the molecule is COc1cc(NC(=O)c2nc(C)n(-c3ccc(F)cc3)n2)c(OC)cc1Cl. The third-order valence-electron chi connectivity index (χ3n) is 3.77. The number of halogens is 2. The van der Waals surface area contributed by atoms with E-state index in [-0.39, 0.29) is 11.6 Å². The molecule has 0 aliphatic heterocycles. The van der Waals surface area contributed by atoms with E-state index in [0.29, 0.717) is 33.7 Å². The van der Waals surface area contributed by atoms with Gasteiger partial charge in [-0.1, -0.05) is 11.6 Å². The first-order chi connectivity index (χ1) is 12.9. The van der Waals surface area contributed by atoms with Crippen molar-refractivity contribution in [2.75, 3.05) is 19.5 Å². The molecule has 27 heavy (non-hydrogen) atoms. The Morgan fingerprint density at radius 1 is 1.15 bits per heavy atom. The summed E-state index contributed by atoms with van der Waals surface area (Å²) in [6.45, 7) is 1.69. The van der Waals surface area contributed by atoms with Gasteiger partial charge in [0.1, 0.15) is 23.1 Å². The van der Waals surface area contributed by atoms with E-state index in [4.69, 9.17) is 21.1 Å². The van der Waals surface area contributed by atoms with E-state index in [1.54, 1.807) is 25.1 Å². The highest BCUT2D eigenvalue weighted by atomic mass is 35.5. The van der Waals surface area contributed by atoms with Gasteiger partial charge in [-0.15, -0.1) is 5.10 Å². The monoisotopic (exact) mass is 390 g/mol. The number of aryl methyl sites for hydroxylation is 1. The van der Waals surface area contributed by atoms with Crippen LogP contribution in [0, 0.1) is 12.7 Å². The van der Waals surface area contributed by atoms with Gasteiger partial charge in [0.2, 0.25) is 5.82 Å². The second-order valence-electron chi connectivity index (χ2n) is 5.51. The van der Waals surface area contributed by atoms with Gasteiger partial charge in [0, 0.05) is 12.1 Å². The van der Waals surface area contributed by atoms with Gasteiger partial charge in [-0.05, 0) is 31.2 Å². The Morgan fingerprint density at radius 3 is 2.44 bits per heavy atom. The van der Waals surface area contributed by atoms with Crippen molar-refractivity contribution in [3.8, 4) is 17.2 Å². The Morgan fingerprint density at radius 2 is 1.81 bits per heavy atom. The Balaban J connectivity index is 1.89. The van der Waals surface area contributed by atoms with Crippen LogP contribution >= 0.6 is 11.6 Å². The van der Waals surface area contributed by atoms with Gasteiger partial charge in [-0.3, -0.25) is 4.79 Å². The van der Waals surface area contributed by atoms with Crippen LogP contribution in [0.4, 0.5) is 10.1 Å². The number of methoxy groups -OCH3 is 2. The lowest BCUT2D eigenvalue weighted by molar-refractivity contribution is 0.101. The third kappa shape index (κ3) is 3.85. The van der Waals surface area contributed by atoms with Crippen LogP contribution in [-0.4, -0.2) is 34.9 Å². The molecule has 0 saturated heterocycles. The zero-order valence-electron chi connectivity index (χ0n) is 14.8. The molecule has 7 nitrogen and oxygen atoms in total. The van der Waals surface area contributed by atoms with Crippen molar-refractivity contribution in [3.63, 3.8) is 0 Å². The molecule has 1 aromatic heterocycles. The average molecular weight is 391 g/mol. The fourth-order valence-corrected chi connectivity index (χ4v) is 2.68. The number of rotatable bonds is 5. The van der Waals surface area contributed by atoms with E-state index >= 15 is 0 Å². The fourth-order valence-electron chi connectivity index (χ4n) is 2.45. The lowest BCUT2D eigenvalue weighted by Crippen LogP contribution is -2.15.